The summed E-state index contributed by atoms with van der Waals surface area (Å²) in [5.74, 6) is 1.49. The summed E-state index contributed by atoms with van der Waals surface area (Å²) in [6.07, 6.45) is 1.54. The number of nitrogen functional groups attached to an aromatic ring is 3. The van der Waals surface area contributed by atoms with Crippen LogP contribution in [0, 0.1) is 0 Å². The maximum atomic E-state index is 11.4. The van der Waals surface area contributed by atoms with Gasteiger partial charge < -0.3 is 31.2 Å². The Hall–Kier alpha value is -4.15. The molecule has 180 valence electrons. The van der Waals surface area contributed by atoms with Crippen LogP contribution >= 0.6 is 0 Å². The van der Waals surface area contributed by atoms with Gasteiger partial charge in [0.05, 0.1) is 12.0 Å². The van der Waals surface area contributed by atoms with E-state index in [4.69, 9.17) is 26.7 Å². The van der Waals surface area contributed by atoms with Crippen molar-refractivity contribution in [3.05, 3.63) is 95.2 Å². The maximum Gasteiger partial charge on any atom is 0.221 e. The van der Waals surface area contributed by atoms with E-state index in [-0.39, 0.29) is 5.95 Å². The molecule has 0 bridgehead atoms. The summed E-state index contributed by atoms with van der Waals surface area (Å²) in [6.45, 7) is 0. The minimum atomic E-state index is -2.07. The number of aromatic nitrogens is 2. The first-order valence-electron chi connectivity index (χ1n) is 10.6. The van der Waals surface area contributed by atoms with Crippen LogP contribution in [0.2, 0.25) is 0 Å². The second-order valence-electron chi connectivity index (χ2n) is 7.78. The highest BCUT2D eigenvalue weighted by Crippen LogP contribution is 2.36. The Kier molecular flexibility index (Phi) is 7.14. The number of methoxy groups -OCH3 is 1. The predicted octanol–water partition coefficient (Wildman–Crippen LogP) is 3.57. The van der Waals surface area contributed by atoms with Gasteiger partial charge in [0.25, 0.3) is 0 Å². The molecule has 1 aromatic heterocycles. The van der Waals surface area contributed by atoms with Gasteiger partial charge in [-0.15, -0.1) is 0 Å². The summed E-state index contributed by atoms with van der Waals surface area (Å²) in [6, 6.07) is 19.6. The molecule has 2 unspecified atom stereocenters. The zero-order valence-corrected chi connectivity index (χ0v) is 19.7. The van der Waals surface area contributed by atoms with Gasteiger partial charge in [0.2, 0.25) is 5.95 Å². The summed E-state index contributed by atoms with van der Waals surface area (Å²) in [4.78, 5) is 8.35. The lowest BCUT2D eigenvalue weighted by Gasteiger charge is -2.22. The normalized spacial score (nSPS) is 12.6. The largest absolute Gasteiger partial charge is 0.493 e. The molecule has 1 heterocycles. The van der Waals surface area contributed by atoms with Crippen LogP contribution in [0.4, 0.5) is 17.5 Å². The van der Waals surface area contributed by atoms with Crippen molar-refractivity contribution in [2.24, 2.45) is 0 Å². The molecule has 7 N–H and O–H groups in total. The third-order valence-corrected chi connectivity index (χ3v) is 6.08. The van der Waals surface area contributed by atoms with Gasteiger partial charge >= 0.3 is 0 Å². The predicted molar refractivity (Wildman–Crippen MR) is 135 cm³/mol. The number of rotatable bonds is 8. The first-order valence-corrected chi connectivity index (χ1v) is 11.7. The Labute approximate surface area is 205 Å². The molecule has 0 saturated heterocycles. The van der Waals surface area contributed by atoms with Crippen LogP contribution in [0.3, 0.4) is 0 Å². The molecule has 0 aliphatic heterocycles. The highest BCUT2D eigenvalue weighted by Gasteiger charge is 2.20. The van der Waals surface area contributed by atoms with Crippen molar-refractivity contribution in [3.63, 3.8) is 0 Å². The van der Waals surface area contributed by atoms with E-state index in [1.807, 2.05) is 30.3 Å². The Bertz CT molecular complexity index is 1350. The first-order chi connectivity index (χ1) is 16.8. The zero-order valence-electron chi connectivity index (χ0n) is 18.9. The molecule has 0 fully saturated rings. The van der Waals surface area contributed by atoms with Gasteiger partial charge in [-0.05, 0) is 53.1 Å². The van der Waals surface area contributed by atoms with Crippen LogP contribution < -0.4 is 26.7 Å². The van der Waals surface area contributed by atoms with Crippen LogP contribution in [0.25, 0.3) is 0 Å². The molecule has 10 heteroatoms. The van der Waals surface area contributed by atoms with Crippen molar-refractivity contribution in [2.45, 2.75) is 17.4 Å². The molecule has 3 aromatic carbocycles. The third kappa shape index (κ3) is 5.68. The van der Waals surface area contributed by atoms with Gasteiger partial charge in [0.1, 0.15) is 11.9 Å². The van der Waals surface area contributed by atoms with E-state index in [9.17, 15) is 8.76 Å². The lowest BCUT2D eigenvalue weighted by Crippen LogP contribution is -2.11. The van der Waals surface area contributed by atoms with E-state index >= 15 is 0 Å². The fraction of sp³-hybridized carbons (Fsp3) is 0.120. The second kappa shape index (κ2) is 10.4. The number of nitrogens with zero attached hydrogens (tertiary/aromatic N) is 2. The molecule has 0 radical (unpaired) electrons. The van der Waals surface area contributed by atoms with Crippen molar-refractivity contribution >= 4 is 28.5 Å². The fourth-order valence-electron chi connectivity index (χ4n) is 3.60. The molecule has 4 rings (SSSR count). The molecule has 9 nitrogen and oxygen atoms in total. The van der Waals surface area contributed by atoms with Gasteiger partial charge in [-0.25, -0.2) is 9.19 Å². The summed E-state index contributed by atoms with van der Waals surface area (Å²) in [7, 11) is 1.57. The smallest absolute Gasteiger partial charge is 0.221 e. The molecule has 4 aromatic rings. The SMILES string of the molecule is COc1ccc(Cc2cnc(N)nc2N)cc1OC(c1ccc(N)cc1)c1ccc(S(=O)O)cc1. The summed E-state index contributed by atoms with van der Waals surface area (Å²) >= 11 is -2.07. The monoisotopic (exact) mass is 491 g/mol. The Morgan fingerprint density at radius 3 is 2.20 bits per heavy atom. The number of nitrogens with two attached hydrogens (primary N) is 3. The van der Waals surface area contributed by atoms with Gasteiger partial charge in [0, 0.05) is 23.9 Å². The maximum absolute atomic E-state index is 11.4. The number of benzene rings is 3. The van der Waals surface area contributed by atoms with E-state index in [0.29, 0.717) is 34.3 Å². The second-order valence-corrected chi connectivity index (χ2v) is 8.75. The molecular weight excluding hydrogens is 466 g/mol. The van der Waals surface area contributed by atoms with Gasteiger partial charge in [-0.2, -0.15) is 4.98 Å². The van der Waals surface area contributed by atoms with E-state index in [2.05, 4.69) is 9.97 Å². The highest BCUT2D eigenvalue weighted by atomic mass is 32.2. The zero-order chi connectivity index (χ0) is 24.9. The van der Waals surface area contributed by atoms with Crippen LogP contribution in [0.1, 0.15) is 28.4 Å². The van der Waals surface area contributed by atoms with Crippen LogP contribution in [0.15, 0.2) is 77.8 Å². The Morgan fingerprint density at radius 2 is 1.60 bits per heavy atom. The summed E-state index contributed by atoms with van der Waals surface area (Å²) < 4.78 is 32.8. The molecule has 0 aliphatic rings. The molecule has 0 spiro atoms. The van der Waals surface area contributed by atoms with E-state index < -0.39 is 17.2 Å². The van der Waals surface area contributed by atoms with E-state index in [1.54, 1.807) is 49.7 Å². The van der Waals surface area contributed by atoms with Crippen molar-refractivity contribution in [2.75, 3.05) is 24.3 Å². The number of anilines is 3. The topological polar surface area (TPSA) is 160 Å². The molecule has 0 aliphatic carbocycles. The highest BCUT2D eigenvalue weighted by molar-refractivity contribution is 7.79. The van der Waals surface area contributed by atoms with E-state index in [0.717, 1.165) is 22.3 Å². The Balaban J connectivity index is 1.71. The average molecular weight is 492 g/mol. The fourth-order valence-corrected chi connectivity index (χ4v) is 3.97. The molecule has 2 atom stereocenters. The van der Waals surface area contributed by atoms with Crippen molar-refractivity contribution in [1.82, 2.24) is 9.97 Å². The van der Waals surface area contributed by atoms with Gasteiger partial charge in [0.15, 0.2) is 22.6 Å². The molecule has 35 heavy (non-hydrogen) atoms. The molecule has 0 saturated carbocycles. The lowest BCUT2D eigenvalue weighted by molar-refractivity contribution is 0.234. The van der Waals surface area contributed by atoms with Gasteiger partial charge in [-0.3, -0.25) is 0 Å². The summed E-state index contributed by atoms with van der Waals surface area (Å²) in [5.41, 5.74) is 21.4. The number of ether oxygens (including phenoxy) is 2. The average Bonchev–Trinajstić information content (AvgIpc) is 2.85. The van der Waals surface area contributed by atoms with Crippen LogP contribution in [0.5, 0.6) is 11.5 Å². The molecule has 0 amide bonds. The van der Waals surface area contributed by atoms with E-state index in [1.165, 1.54) is 0 Å². The van der Waals surface area contributed by atoms with Crippen molar-refractivity contribution in [3.8, 4) is 11.5 Å². The first kappa shape index (κ1) is 24.0. The molecular formula is C25H25N5O4S. The lowest BCUT2D eigenvalue weighted by atomic mass is 10.0. The van der Waals surface area contributed by atoms with Gasteiger partial charge in [-0.1, -0.05) is 30.3 Å². The third-order valence-electron chi connectivity index (χ3n) is 5.41. The minimum Gasteiger partial charge on any atom is -0.493 e. The Morgan fingerprint density at radius 1 is 0.943 bits per heavy atom. The number of hydrogen-bond acceptors (Lipinski definition) is 8. The minimum absolute atomic E-state index is 0.118. The van der Waals surface area contributed by atoms with Crippen LogP contribution in [-0.2, 0) is 17.5 Å². The quantitative estimate of drug-likeness (QED) is 0.213. The van der Waals surface area contributed by atoms with Crippen LogP contribution in [-0.4, -0.2) is 25.8 Å². The number of hydrogen-bond donors (Lipinski definition) is 4. The standard InChI is InChI=1S/C25H25N5O4S/c1-33-21-11-2-15(12-18-14-29-25(28)30-24(18)27)13-22(21)34-23(16-3-7-19(26)8-4-16)17-5-9-20(10-6-17)35(31)32/h2-11,13-14,23H,12,26H2,1H3,(H,31,32)(H4,27,28,29,30). The summed E-state index contributed by atoms with van der Waals surface area (Å²) in [5, 5.41) is 0. The van der Waals surface area contributed by atoms with Crippen molar-refractivity contribution in [1.29, 1.82) is 0 Å². The van der Waals surface area contributed by atoms with Crippen molar-refractivity contribution < 1.29 is 18.2 Å².